The van der Waals surface area contributed by atoms with Crippen molar-refractivity contribution in [3.05, 3.63) is 60.7 Å². The zero-order valence-corrected chi connectivity index (χ0v) is 8.33. The van der Waals surface area contributed by atoms with E-state index in [1.807, 2.05) is 19.1 Å². The number of phenolic OH excluding ortho intramolecular Hbond substituents is 1. The Morgan fingerprint density at radius 3 is 2.14 bits per heavy atom. The summed E-state index contributed by atoms with van der Waals surface area (Å²) in [5.41, 5.74) is 3.15. The van der Waals surface area contributed by atoms with E-state index in [1.54, 1.807) is 24.3 Å². The van der Waals surface area contributed by atoms with Gasteiger partial charge in [0.15, 0.2) is 0 Å². The number of hydrogen-bond donors (Lipinski definition) is 1. The van der Waals surface area contributed by atoms with Crippen LogP contribution in [0.5, 0.6) is 5.75 Å². The van der Waals surface area contributed by atoms with Crippen LogP contribution in [-0.2, 0) is 0 Å². The van der Waals surface area contributed by atoms with Gasteiger partial charge in [-0.3, -0.25) is 0 Å². The predicted octanol–water partition coefficient (Wildman–Crippen LogP) is 3.54. The molecule has 0 bridgehead atoms. The van der Waals surface area contributed by atoms with Crippen molar-refractivity contribution in [2.24, 2.45) is 0 Å². The Bertz CT molecular complexity index is 369. The molecular weight excluding hydrogens is 172 g/mol. The standard InChI is InChI=1S/C13H14O/c1-4-10(3)13(5-2)11-6-8-12(14)9-7-11/h4-9,14H,1-2H2,3H3/b13-10+. The first-order valence-corrected chi connectivity index (χ1v) is 4.44. The quantitative estimate of drug-likeness (QED) is 0.716. The van der Waals surface area contributed by atoms with E-state index < -0.39 is 0 Å². The average molecular weight is 186 g/mol. The third-order valence-electron chi connectivity index (χ3n) is 2.11. The Hall–Kier alpha value is -1.76. The molecule has 1 aromatic rings. The molecule has 0 heterocycles. The van der Waals surface area contributed by atoms with Gasteiger partial charge in [-0.1, -0.05) is 37.4 Å². The van der Waals surface area contributed by atoms with E-state index in [9.17, 15) is 0 Å². The molecule has 1 nitrogen and oxygen atoms in total. The van der Waals surface area contributed by atoms with Crippen LogP contribution in [0.25, 0.3) is 5.57 Å². The molecule has 1 heteroatoms. The van der Waals surface area contributed by atoms with Gasteiger partial charge in [-0.2, -0.15) is 0 Å². The summed E-state index contributed by atoms with van der Waals surface area (Å²) in [5.74, 6) is 0.272. The first-order chi connectivity index (χ1) is 6.69. The van der Waals surface area contributed by atoms with Crippen molar-refractivity contribution in [2.75, 3.05) is 0 Å². The highest BCUT2D eigenvalue weighted by atomic mass is 16.3. The van der Waals surface area contributed by atoms with Crippen molar-refractivity contribution < 1.29 is 5.11 Å². The molecule has 14 heavy (non-hydrogen) atoms. The second-order valence-corrected chi connectivity index (χ2v) is 3.05. The fraction of sp³-hybridized carbons (Fsp3) is 0.0769. The van der Waals surface area contributed by atoms with Crippen molar-refractivity contribution >= 4 is 5.57 Å². The number of hydrogen-bond acceptors (Lipinski definition) is 1. The van der Waals surface area contributed by atoms with Gasteiger partial charge in [0.2, 0.25) is 0 Å². The molecule has 0 aliphatic heterocycles. The van der Waals surface area contributed by atoms with Crippen LogP contribution < -0.4 is 0 Å². The molecule has 0 saturated carbocycles. The van der Waals surface area contributed by atoms with Gasteiger partial charge in [-0.05, 0) is 35.8 Å². The first-order valence-electron chi connectivity index (χ1n) is 4.44. The summed E-state index contributed by atoms with van der Waals surface area (Å²) in [4.78, 5) is 0. The lowest BCUT2D eigenvalue weighted by Crippen LogP contribution is -1.83. The van der Waals surface area contributed by atoms with Crippen LogP contribution in [0.15, 0.2) is 55.1 Å². The summed E-state index contributed by atoms with van der Waals surface area (Å²) < 4.78 is 0. The van der Waals surface area contributed by atoms with E-state index in [-0.39, 0.29) is 5.75 Å². The molecule has 0 spiro atoms. The van der Waals surface area contributed by atoms with Crippen LogP contribution in [0.1, 0.15) is 12.5 Å². The number of rotatable bonds is 3. The lowest BCUT2D eigenvalue weighted by molar-refractivity contribution is 0.475. The maximum atomic E-state index is 9.14. The summed E-state index contributed by atoms with van der Waals surface area (Å²) in [6.07, 6.45) is 3.59. The van der Waals surface area contributed by atoms with Crippen molar-refractivity contribution in [1.29, 1.82) is 0 Å². The van der Waals surface area contributed by atoms with E-state index in [0.29, 0.717) is 0 Å². The molecule has 0 aliphatic rings. The lowest BCUT2D eigenvalue weighted by atomic mass is 10.0. The molecule has 0 saturated heterocycles. The fourth-order valence-electron chi connectivity index (χ4n) is 1.26. The number of allylic oxidation sites excluding steroid dienone is 4. The van der Waals surface area contributed by atoms with Gasteiger partial charge in [-0.25, -0.2) is 0 Å². The summed E-state index contributed by atoms with van der Waals surface area (Å²) in [6, 6.07) is 7.04. The first kappa shape index (κ1) is 10.3. The molecule has 1 aromatic carbocycles. The van der Waals surface area contributed by atoms with Crippen LogP contribution in [0, 0.1) is 0 Å². The Kier molecular flexibility index (Phi) is 3.29. The number of phenols is 1. The second-order valence-electron chi connectivity index (χ2n) is 3.05. The summed E-state index contributed by atoms with van der Waals surface area (Å²) in [5, 5.41) is 9.14. The third-order valence-corrected chi connectivity index (χ3v) is 2.11. The largest absolute Gasteiger partial charge is 0.508 e. The highest BCUT2D eigenvalue weighted by Gasteiger charge is 1.99. The van der Waals surface area contributed by atoms with Crippen molar-refractivity contribution in [2.45, 2.75) is 6.92 Å². The monoisotopic (exact) mass is 186 g/mol. The number of aromatic hydroxyl groups is 1. The van der Waals surface area contributed by atoms with Gasteiger partial charge in [0.25, 0.3) is 0 Å². The SMILES string of the molecule is C=C/C(C)=C(\C=C)c1ccc(O)cc1. The Labute approximate surface area is 84.7 Å². The van der Waals surface area contributed by atoms with Gasteiger partial charge in [0, 0.05) is 0 Å². The summed E-state index contributed by atoms with van der Waals surface area (Å²) in [6.45, 7) is 9.46. The topological polar surface area (TPSA) is 20.2 Å². The Morgan fingerprint density at radius 1 is 1.14 bits per heavy atom. The normalized spacial score (nSPS) is 11.8. The molecule has 72 valence electrons. The third kappa shape index (κ3) is 2.13. The van der Waals surface area contributed by atoms with Crippen LogP contribution in [-0.4, -0.2) is 5.11 Å². The number of benzene rings is 1. The molecular formula is C13H14O. The highest BCUT2D eigenvalue weighted by Crippen LogP contribution is 2.22. The minimum atomic E-state index is 0.272. The van der Waals surface area contributed by atoms with E-state index in [0.717, 1.165) is 16.7 Å². The molecule has 0 aliphatic carbocycles. The molecule has 0 atom stereocenters. The van der Waals surface area contributed by atoms with E-state index >= 15 is 0 Å². The fourth-order valence-corrected chi connectivity index (χ4v) is 1.26. The van der Waals surface area contributed by atoms with Gasteiger partial charge >= 0.3 is 0 Å². The molecule has 0 aromatic heterocycles. The predicted molar refractivity (Wildman–Crippen MR) is 61.1 cm³/mol. The summed E-state index contributed by atoms with van der Waals surface area (Å²) >= 11 is 0. The van der Waals surface area contributed by atoms with Crippen LogP contribution in [0.3, 0.4) is 0 Å². The van der Waals surface area contributed by atoms with Gasteiger partial charge in [0.05, 0.1) is 0 Å². The van der Waals surface area contributed by atoms with Crippen LogP contribution >= 0.6 is 0 Å². The smallest absolute Gasteiger partial charge is 0.115 e. The zero-order valence-electron chi connectivity index (χ0n) is 8.33. The van der Waals surface area contributed by atoms with Crippen LogP contribution in [0.4, 0.5) is 0 Å². The second kappa shape index (κ2) is 4.47. The zero-order chi connectivity index (χ0) is 10.6. The molecule has 0 unspecified atom stereocenters. The Balaban J connectivity index is 3.20. The molecule has 0 fully saturated rings. The van der Waals surface area contributed by atoms with Gasteiger partial charge in [0.1, 0.15) is 5.75 Å². The van der Waals surface area contributed by atoms with E-state index in [1.165, 1.54) is 0 Å². The summed E-state index contributed by atoms with van der Waals surface area (Å²) in [7, 11) is 0. The lowest BCUT2D eigenvalue weighted by Gasteiger charge is -2.05. The van der Waals surface area contributed by atoms with Gasteiger partial charge < -0.3 is 5.11 Å². The molecule has 0 amide bonds. The maximum Gasteiger partial charge on any atom is 0.115 e. The van der Waals surface area contributed by atoms with Gasteiger partial charge in [-0.15, -0.1) is 0 Å². The van der Waals surface area contributed by atoms with Crippen LogP contribution in [0.2, 0.25) is 0 Å². The maximum absolute atomic E-state index is 9.14. The van der Waals surface area contributed by atoms with E-state index in [4.69, 9.17) is 5.11 Å². The van der Waals surface area contributed by atoms with Crippen molar-refractivity contribution in [3.8, 4) is 5.75 Å². The molecule has 1 N–H and O–H groups in total. The minimum absolute atomic E-state index is 0.272. The minimum Gasteiger partial charge on any atom is -0.508 e. The van der Waals surface area contributed by atoms with Crippen molar-refractivity contribution in [1.82, 2.24) is 0 Å². The molecule has 1 rings (SSSR count). The van der Waals surface area contributed by atoms with E-state index in [2.05, 4.69) is 13.2 Å². The highest BCUT2D eigenvalue weighted by molar-refractivity contribution is 5.77. The average Bonchev–Trinajstić information content (AvgIpc) is 2.21. The van der Waals surface area contributed by atoms with Crippen molar-refractivity contribution in [3.63, 3.8) is 0 Å². The molecule has 0 radical (unpaired) electrons. The Morgan fingerprint density at radius 2 is 1.71 bits per heavy atom.